The van der Waals surface area contributed by atoms with Gasteiger partial charge < -0.3 is 10.1 Å². The molecule has 0 aliphatic heterocycles. The zero-order chi connectivity index (χ0) is 14.6. The van der Waals surface area contributed by atoms with Crippen molar-refractivity contribution >= 4 is 11.9 Å². The molecule has 0 aromatic heterocycles. The molecule has 0 heterocycles. The lowest BCUT2D eigenvalue weighted by Gasteiger charge is -2.21. The first-order valence-corrected chi connectivity index (χ1v) is 6.29. The molecule has 1 N–H and O–H groups in total. The number of aryl methyl sites for hydroxylation is 1. The lowest BCUT2D eigenvalue weighted by molar-refractivity contribution is 0.0653. The minimum absolute atomic E-state index is 0.205. The summed E-state index contributed by atoms with van der Waals surface area (Å²) in [7, 11) is 0. The molecule has 4 nitrogen and oxygen atoms in total. The number of Topliss-reactive ketones (excluding diaryl/α,β-unsaturated/α-hetero) is 1. The number of hydrogen-bond donors (Lipinski definition) is 1. The second kappa shape index (κ2) is 5.87. The highest BCUT2D eigenvalue weighted by atomic mass is 16.6. The van der Waals surface area contributed by atoms with E-state index in [1.807, 2.05) is 39.8 Å². The Morgan fingerprint density at radius 3 is 2.16 bits per heavy atom. The number of amides is 1. The molecule has 19 heavy (non-hydrogen) atoms. The van der Waals surface area contributed by atoms with E-state index in [1.165, 1.54) is 0 Å². The molecule has 104 valence electrons. The van der Waals surface area contributed by atoms with Gasteiger partial charge in [-0.3, -0.25) is 4.79 Å². The maximum atomic E-state index is 12.1. The van der Waals surface area contributed by atoms with Crippen LogP contribution in [0.2, 0.25) is 0 Å². The average Bonchev–Trinajstić information content (AvgIpc) is 2.26. The normalized spacial score (nSPS) is 12.7. The Labute approximate surface area is 114 Å². The number of carbonyl (C=O) groups excluding carboxylic acids is 2. The first-order chi connectivity index (χ1) is 8.69. The summed E-state index contributed by atoms with van der Waals surface area (Å²) in [6.07, 6.45) is -1.38. The summed E-state index contributed by atoms with van der Waals surface area (Å²) in [6.45, 7) is 9.07. The van der Waals surface area contributed by atoms with Crippen LogP contribution in [0.3, 0.4) is 0 Å². The highest BCUT2D eigenvalue weighted by molar-refractivity contribution is 6.00. The van der Waals surface area contributed by atoms with Gasteiger partial charge in [-0.25, -0.2) is 4.79 Å². The molecule has 0 aliphatic carbocycles. The van der Waals surface area contributed by atoms with E-state index >= 15 is 0 Å². The number of hydrogen-bond acceptors (Lipinski definition) is 3. The first kappa shape index (κ1) is 15.2. The van der Waals surface area contributed by atoms with Gasteiger partial charge >= 0.3 is 6.09 Å². The van der Waals surface area contributed by atoms with Crippen LogP contribution in [0.25, 0.3) is 0 Å². The van der Waals surface area contributed by atoms with Crippen molar-refractivity contribution in [2.45, 2.75) is 46.3 Å². The Morgan fingerprint density at radius 2 is 1.68 bits per heavy atom. The van der Waals surface area contributed by atoms with E-state index in [4.69, 9.17) is 4.74 Å². The van der Waals surface area contributed by atoms with Crippen molar-refractivity contribution in [3.05, 3.63) is 35.4 Å². The van der Waals surface area contributed by atoms with Gasteiger partial charge in [0, 0.05) is 11.1 Å². The van der Waals surface area contributed by atoms with E-state index in [0.29, 0.717) is 5.56 Å². The van der Waals surface area contributed by atoms with Gasteiger partial charge in [-0.1, -0.05) is 29.8 Å². The van der Waals surface area contributed by atoms with Gasteiger partial charge in [0.05, 0.1) is 0 Å². The van der Waals surface area contributed by atoms with Crippen molar-refractivity contribution in [1.82, 2.24) is 5.32 Å². The Hall–Kier alpha value is -1.84. The third-order valence-electron chi connectivity index (χ3n) is 2.47. The van der Waals surface area contributed by atoms with Crippen LogP contribution in [0.4, 0.5) is 4.79 Å². The van der Waals surface area contributed by atoms with Gasteiger partial charge in [0.1, 0.15) is 0 Å². The van der Waals surface area contributed by atoms with Crippen molar-refractivity contribution in [2.75, 3.05) is 0 Å². The van der Waals surface area contributed by atoms with Crippen molar-refractivity contribution in [2.24, 2.45) is 0 Å². The molecule has 1 amide bonds. The van der Waals surface area contributed by atoms with E-state index in [-0.39, 0.29) is 11.3 Å². The molecule has 0 spiro atoms. The van der Waals surface area contributed by atoms with Gasteiger partial charge in [-0.05, 0) is 34.6 Å². The van der Waals surface area contributed by atoms with E-state index < -0.39 is 12.2 Å². The van der Waals surface area contributed by atoms with Gasteiger partial charge in [-0.2, -0.15) is 0 Å². The maximum Gasteiger partial charge on any atom is 0.408 e. The fourth-order valence-corrected chi connectivity index (χ4v) is 1.50. The fraction of sp³-hybridized carbons (Fsp3) is 0.467. The molecular weight excluding hydrogens is 242 g/mol. The van der Waals surface area contributed by atoms with Crippen LogP contribution >= 0.6 is 0 Å². The number of benzene rings is 1. The predicted molar refractivity (Wildman–Crippen MR) is 74.3 cm³/mol. The van der Waals surface area contributed by atoms with Crippen LogP contribution in [0.5, 0.6) is 0 Å². The van der Waals surface area contributed by atoms with Crippen LogP contribution in [-0.4, -0.2) is 23.5 Å². The molecule has 0 saturated heterocycles. The van der Waals surface area contributed by atoms with Crippen molar-refractivity contribution in [1.29, 1.82) is 0 Å². The molecule has 0 bridgehead atoms. The quantitative estimate of drug-likeness (QED) is 0.853. The van der Waals surface area contributed by atoms with Crippen molar-refractivity contribution in [3.63, 3.8) is 0 Å². The summed E-state index contributed by atoms with van der Waals surface area (Å²) in [4.78, 5) is 23.6. The topological polar surface area (TPSA) is 55.4 Å². The highest BCUT2D eigenvalue weighted by Crippen LogP contribution is 2.09. The number of alkyl carbamates (subject to hydrolysis) is 1. The standard InChI is InChI=1S/C15H21NO3/c1-10-6-8-12(9-7-10)13(17)11(2)19-14(18)16-15(3,4)5/h6-9,11H,1-5H3,(H,16,18)/t11-/m0/s1. The number of ketones is 1. The van der Waals surface area contributed by atoms with Crippen LogP contribution in [-0.2, 0) is 4.74 Å². The third kappa shape index (κ3) is 5.12. The molecule has 4 heteroatoms. The SMILES string of the molecule is Cc1ccc(C(=O)[C@H](C)OC(=O)NC(C)(C)C)cc1. The summed E-state index contributed by atoms with van der Waals surface area (Å²) in [6, 6.07) is 7.18. The van der Waals surface area contributed by atoms with E-state index in [0.717, 1.165) is 5.56 Å². The van der Waals surface area contributed by atoms with Crippen molar-refractivity contribution in [3.8, 4) is 0 Å². The largest absolute Gasteiger partial charge is 0.438 e. The Kier molecular flexibility index (Phi) is 4.70. The second-order valence-corrected chi connectivity index (χ2v) is 5.65. The molecular formula is C15H21NO3. The summed E-state index contributed by atoms with van der Waals surface area (Å²) < 4.78 is 5.07. The maximum absolute atomic E-state index is 12.1. The first-order valence-electron chi connectivity index (χ1n) is 6.29. The van der Waals surface area contributed by atoms with Gasteiger partial charge in [-0.15, -0.1) is 0 Å². The monoisotopic (exact) mass is 263 g/mol. The number of nitrogens with one attached hydrogen (secondary N) is 1. The summed E-state index contributed by atoms with van der Waals surface area (Å²) >= 11 is 0. The fourth-order valence-electron chi connectivity index (χ4n) is 1.50. The molecule has 0 aliphatic rings. The number of ether oxygens (including phenoxy) is 1. The number of rotatable bonds is 3. The molecule has 0 radical (unpaired) electrons. The zero-order valence-electron chi connectivity index (χ0n) is 12.1. The Morgan fingerprint density at radius 1 is 1.16 bits per heavy atom. The minimum atomic E-state index is -0.801. The van der Waals surface area contributed by atoms with Crippen LogP contribution in [0.1, 0.15) is 43.6 Å². The smallest absolute Gasteiger partial charge is 0.408 e. The summed E-state index contributed by atoms with van der Waals surface area (Å²) in [5, 5.41) is 2.65. The summed E-state index contributed by atoms with van der Waals surface area (Å²) in [5.41, 5.74) is 1.24. The minimum Gasteiger partial charge on any atom is -0.438 e. The third-order valence-corrected chi connectivity index (χ3v) is 2.47. The summed E-state index contributed by atoms with van der Waals surface area (Å²) in [5.74, 6) is -0.205. The lowest BCUT2D eigenvalue weighted by atomic mass is 10.1. The zero-order valence-corrected chi connectivity index (χ0v) is 12.1. The number of carbonyl (C=O) groups is 2. The molecule has 0 saturated carbocycles. The molecule has 0 unspecified atom stereocenters. The van der Waals surface area contributed by atoms with Gasteiger partial charge in [0.15, 0.2) is 6.10 Å². The molecule has 1 atom stereocenters. The predicted octanol–water partition coefficient (Wildman–Crippen LogP) is 3.09. The van der Waals surface area contributed by atoms with E-state index in [1.54, 1.807) is 19.1 Å². The van der Waals surface area contributed by atoms with Crippen molar-refractivity contribution < 1.29 is 14.3 Å². The van der Waals surface area contributed by atoms with E-state index in [9.17, 15) is 9.59 Å². The van der Waals surface area contributed by atoms with Gasteiger partial charge in [0.2, 0.25) is 5.78 Å². The Balaban J connectivity index is 2.63. The highest BCUT2D eigenvalue weighted by Gasteiger charge is 2.22. The molecule has 1 aromatic rings. The molecule has 0 fully saturated rings. The van der Waals surface area contributed by atoms with Crippen LogP contribution < -0.4 is 5.32 Å². The second-order valence-electron chi connectivity index (χ2n) is 5.65. The van der Waals surface area contributed by atoms with E-state index in [2.05, 4.69) is 5.32 Å². The average molecular weight is 263 g/mol. The van der Waals surface area contributed by atoms with Crippen LogP contribution in [0, 0.1) is 6.92 Å². The Bertz CT molecular complexity index is 457. The van der Waals surface area contributed by atoms with Gasteiger partial charge in [0.25, 0.3) is 0 Å². The molecule has 1 rings (SSSR count). The lowest BCUT2D eigenvalue weighted by Crippen LogP contribution is -2.43. The van der Waals surface area contributed by atoms with Crippen LogP contribution in [0.15, 0.2) is 24.3 Å². The molecule has 1 aromatic carbocycles.